The van der Waals surface area contributed by atoms with Crippen molar-refractivity contribution in [2.75, 3.05) is 25.4 Å². The van der Waals surface area contributed by atoms with Gasteiger partial charge in [0.2, 0.25) is 5.91 Å². The standard InChI is InChI=1S/C12H21N5O/c1-10(7-16-4-2-3-5-16)15-12(18)9-17-8-11(13)6-14-17/h6,8,10H,2-5,7,9,13H2,1H3,(H,15,18). The quantitative estimate of drug-likeness (QED) is 0.776. The molecule has 2 rings (SSSR count). The first-order chi connectivity index (χ1) is 8.63. The van der Waals surface area contributed by atoms with Crippen LogP contribution in [0.5, 0.6) is 0 Å². The predicted molar refractivity (Wildman–Crippen MR) is 69.9 cm³/mol. The van der Waals surface area contributed by atoms with Crippen molar-refractivity contribution in [3.8, 4) is 0 Å². The summed E-state index contributed by atoms with van der Waals surface area (Å²) in [7, 11) is 0. The molecule has 0 aliphatic carbocycles. The summed E-state index contributed by atoms with van der Waals surface area (Å²) in [6, 6.07) is 0.170. The minimum atomic E-state index is -0.0233. The fourth-order valence-electron chi connectivity index (χ4n) is 2.33. The molecule has 3 N–H and O–H groups in total. The van der Waals surface area contributed by atoms with Crippen molar-refractivity contribution in [3.63, 3.8) is 0 Å². The molecule has 0 saturated carbocycles. The molecule has 100 valence electrons. The highest BCUT2D eigenvalue weighted by Gasteiger charge is 2.16. The van der Waals surface area contributed by atoms with Crippen LogP contribution in [0.3, 0.4) is 0 Å². The zero-order valence-electron chi connectivity index (χ0n) is 10.8. The Labute approximate surface area is 107 Å². The van der Waals surface area contributed by atoms with Gasteiger partial charge in [-0.25, -0.2) is 0 Å². The van der Waals surface area contributed by atoms with E-state index in [0.29, 0.717) is 5.69 Å². The SMILES string of the molecule is CC(CN1CCCC1)NC(=O)Cn1cc(N)cn1. The molecule has 1 aliphatic heterocycles. The van der Waals surface area contributed by atoms with Crippen molar-refractivity contribution >= 4 is 11.6 Å². The van der Waals surface area contributed by atoms with Crippen LogP contribution in [0, 0.1) is 0 Å². The third kappa shape index (κ3) is 3.73. The molecule has 1 fully saturated rings. The topological polar surface area (TPSA) is 76.2 Å². The summed E-state index contributed by atoms with van der Waals surface area (Å²) in [6.45, 7) is 5.48. The smallest absolute Gasteiger partial charge is 0.241 e. The van der Waals surface area contributed by atoms with Crippen LogP contribution in [0.15, 0.2) is 12.4 Å². The van der Waals surface area contributed by atoms with E-state index in [0.717, 1.165) is 19.6 Å². The van der Waals surface area contributed by atoms with Gasteiger partial charge in [0.05, 0.1) is 11.9 Å². The number of nitrogens with two attached hydrogens (primary N) is 1. The Hall–Kier alpha value is -1.56. The number of carbonyl (C=O) groups is 1. The summed E-state index contributed by atoms with van der Waals surface area (Å²) in [5, 5.41) is 6.97. The monoisotopic (exact) mass is 251 g/mol. The second kappa shape index (κ2) is 5.86. The first-order valence-corrected chi connectivity index (χ1v) is 6.43. The molecular weight excluding hydrogens is 230 g/mol. The Morgan fingerprint density at radius 3 is 2.89 bits per heavy atom. The minimum Gasteiger partial charge on any atom is -0.396 e. The van der Waals surface area contributed by atoms with Crippen LogP contribution >= 0.6 is 0 Å². The number of nitrogens with zero attached hydrogens (tertiary/aromatic N) is 3. The summed E-state index contributed by atoms with van der Waals surface area (Å²) in [5.41, 5.74) is 6.12. The normalized spacial score (nSPS) is 17.8. The van der Waals surface area contributed by atoms with Gasteiger partial charge in [-0.15, -0.1) is 0 Å². The molecule has 1 unspecified atom stereocenters. The molecular formula is C12H21N5O. The lowest BCUT2D eigenvalue weighted by Crippen LogP contribution is -2.42. The lowest BCUT2D eigenvalue weighted by atomic mass is 10.3. The van der Waals surface area contributed by atoms with Gasteiger partial charge in [0.25, 0.3) is 0 Å². The van der Waals surface area contributed by atoms with Gasteiger partial charge in [-0.3, -0.25) is 9.48 Å². The van der Waals surface area contributed by atoms with E-state index >= 15 is 0 Å². The van der Waals surface area contributed by atoms with Gasteiger partial charge in [-0.1, -0.05) is 0 Å². The Bertz CT molecular complexity index is 397. The van der Waals surface area contributed by atoms with Gasteiger partial charge in [0.15, 0.2) is 0 Å². The predicted octanol–water partition coefficient (Wildman–Crippen LogP) is 0.0658. The molecule has 1 aliphatic rings. The number of nitrogen functional groups attached to an aromatic ring is 1. The van der Waals surface area contributed by atoms with Gasteiger partial charge in [0, 0.05) is 18.8 Å². The van der Waals surface area contributed by atoms with E-state index in [2.05, 4.69) is 15.3 Å². The summed E-state index contributed by atoms with van der Waals surface area (Å²) in [5.74, 6) is -0.0233. The zero-order valence-corrected chi connectivity index (χ0v) is 10.8. The first kappa shape index (κ1) is 12.9. The molecule has 0 radical (unpaired) electrons. The number of amides is 1. The number of carbonyl (C=O) groups excluding carboxylic acids is 1. The third-order valence-electron chi connectivity index (χ3n) is 3.10. The molecule has 18 heavy (non-hydrogen) atoms. The molecule has 1 amide bonds. The van der Waals surface area contributed by atoms with Crippen LogP contribution in [0.1, 0.15) is 19.8 Å². The maximum absolute atomic E-state index is 11.8. The second-order valence-corrected chi connectivity index (χ2v) is 4.95. The number of hydrogen-bond acceptors (Lipinski definition) is 4. The minimum absolute atomic E-state index is 0.0233. The van der Waals surface area contributed by atoms with E-state index in [4.69, 9.17) is 5.73 Å². The van der Waals surface area contributed by atoms with Gasteiger partial charge in [0.1, 0.15) is 6.54 Å². The summed E-state index contributed by atoms with van der Waals surface area (Å²) in [6.07, 6.45) is 5.74. The van der Waals surface area contributed by atoms with Crippen molar-refractivity contribution in [3.05, 3.63) is 12.4 Å². The van der Waals surface area contributed by atoms with Crippen LogP contribution < -0.4 is 11.1 Å². The van der Waals surface area contributed by atoms with Crippen LogP contribution in [-0.2, 0) is 11.3 Å². The Morgan fingerprint density at radius 1 is 1.56 bits per heavy atom. The number of likely N-dealkylation sites (tertiary alicyclic amines) is 1. The molecule has 1 atom stereocenters. The van der Waals surface area contributed by atoms with E-state index in [9.17, 15) is 4.79 Å². The lowest BCUT2D eigenvalue weighted by molar-refractivity contribution is -0.122. The number of anilines is 1. The molecule has 6 heteroatoms. The summed E-state index contributed by atoms with van der Waals surface area (Å²) >= 11 is 0. The number of hydrogen-bond donors (Lipinski definition) is 2. The van der Waals surface area contributed by atoms with Gasteiger partial charge in [-0.05, 0) is 32.9 Å². The molecule has 1 aromatic heterocycles. The van der Waals surface area contributed by atoms with Crippen LogP contribution in [-0.4, -0.2) is 46.3 Å². The number of aromatic nitrogens is 2. The van der Waals surface area contributed by atoms with Crippen molar-refractivity contribution in [2.24, 2.45) is 0 Å². The zero-order chi connectivity index (χ0) is 13.0. The average Bonchev–Trinajstić information content (AvgIpc) is 2.90. The van der Waals surface area contributed by atoms with Crippen molar-refractivity contribution < 1.29 is 4.79 Å². The molecule has 0 bridgehead atoms. The molecule has 2 heterocycles. The van der Waals surface area contributed by atoms with Crippen molar-refractivity contribution in [1.82, 2.24) is 20.0 Å². The molecule has 0 spiro atoms. The third-order valence-corrected chi connectivity index (χ3v) is 3.10. The van der Waals surface area contributed by atoms with Crippen molar-refractivity contribution in [1.29, 1.82) is 0 Å². The molecule has 0 aromatic carbocycles. The first-order valence-electron chi connectivity index (χ1n) is 6.43. The maximum atomic E-state index is 11.8. The highest BCUT2D eigenvalue weighted by Crippen LogP contribution is 2.07. The van der Waals surface area contributed by atoms with Crippen LogP contribution in [0.4, 0.5) is 5.69 Å². The van der Waals surface area contributed by atoms with E-state index in [1.807, 2.05) is 6.92 Å². The van der Waals surface area contributed by atoms with E-state index in [1.54, 1.807) is 17.1 Å². The average molecular weight is 251 g/mol. The highest BCUT2D eigenvalue weighted by molar-refractivity contribution is 5.76. The van der Waals surface area contributed by atoms with Crippen LogP contribution in [0.2, 0.25) is 0 Å². The molecule has 1 saturated heterocycles. The van der Waals surface area contributed by atoms with Crippen LogP contribution in [0.25, 0.3) is 0 Å². The van der Waals surface area contributed by atoms with E-state index < -0.39 is 0 Å². The summed E-state index contributed by atoms with van der Waals surface area (Å²) < 4.78 is 1.55. The highest BCUT2D eigenvalue weighted by atomic mass is 16.2. The Morgan fingerprint density at radius 2 is 2.28 bits per heavy atom. The largest absolute Gasteiger partial charge is 0.396 e. The summed E-state index contributed by atoms with van der Waals surface area (Å²) in [4.78, 5) is 14.2. The van der Waals surface area contributed by atoms with Gasteiger partial charge in [-0.2, -0.15) is 5.10 Å². The Balaban J connectivity index is 1.72. The van der Waals surface area contributed by atoms with Crippen molar-refractivity contribution in [2.45, 2.75) is 32.4 Å². The second-order valence-electron chi connectivity index (χ2n) is 4.95. The lowest BCUT2D eigenvalue weighted by Gasteiger charge is -2.21. The molecule has 6 nitrogen and oxygen atoms in total. The maximum Gasteiger partial charge on any atom is 0.241 e. The fraction of sp³-hybridized carbons (Fsp3) is 0.667. The molecule has 1 aromatic rings. The Kier molecular flexibility index (Phi) is 4.19. The number of rotatable bonds is 5. The van der Waals surface area contributed by atoms with E-state index in [1.165, 1.54) is 12.8 Å². The number of nitrogens with one attached hydrogen (secondary N) is 1. The fourth-order valence-corrected chi connectivity index (χ4v) is 2.33. The van der Waals surface area contributed by atoms with Gasteiger partial charge < -0.3 is 16.0 Å². The van der Waals surface area contributed by atoms with Gasteiger partial charge >= 0.3 is 0 Å². The van der Waals surface area contributed by atoms with E-state index in [-0.39, 0.29) is 18.5 Å².